The standard InChI is InChI=1S/C15H24N2O2/c1-6-8-9-10-17-11(7-2)13(18)16-12(14(17)19)15(3,4)5/h1,11-12H,7-10H2,2-5H3,(H,16,18). The maximum Gasteiger partial charge on any atom is 0.246 e. The molecule has 0 saturated carbocycles. The fraction of sp³-hybridized carbons (Fsp3) is 0.733. The van der Waals surface area contributed by atoms with Crippen LogP contribution in [0.2, 0.25) is 0 Å². The van der Waals surface area contributed by atoms with Gasteiger partial charge in [0.15, 0.2) is 0 Å². The Balaban J connectivity index is 2.90. The zero-order valence-corrected chi connectivity index (χ0v) is 12.3. The summed E-state index contributed by atoms with van der Waals surface area (Å²) in [6.07, 6.45) is 7.23. The highest BCUT2D eigenvalue weighted by molar-refractivity contribution is 5.97. The van der Waals surface area contributed by atoms with Gasteiger partial charge in [-0.05, 0) is 18.3 Å². The van der Waals surface area contributed by atoms with E-state index in [1.807, 2.05) is 27.7 Å². The second-order valence-corrected chi connectivity index (χ2v) is 6.07. The van der Waals surface area contributed by atoms with Crippen molar-refractivity contribution in [2.75, 3.05) is 6.54 Å². The van der Waals surface area contributed by atoms with Crippen LogP contribution in [0.5, 0.6) is 0 Å². The number of amides is 2. The summed E-state index contributed by atoms with van der Waals surface area (Å²) in [5.74, 6) is 2.53. The SMILES string of the molecule is C#CCCCN1C(=O)C(C(C)(C)C)NC(=O)C1CC. The van der Waals surface area contributed by atoms with Gasteiger partial charge in [0.25, 0.3) is 0 Å². The van der Waals surface area contributed by atoms with Crippen molar-refractivity contribution in [2.45, 2.75) is 59.0 Å². The van der Waals surface area contributed by atoms with Crippen LogP contribution in [-0.4, -0.2) is 35.3 Å². The molecule has 0 aromatic rings. The van der Waals surface area contributed by atoms with Crippen LogP contribution in [0.1, 0.15) is 47.0 Å². The van der Waals surface area contributed by atoms with Crippen molar-refractivity contribution in [1.29, 1.82) is 0 Å². The van der Waals surface area contributed by atoms with Gasteiger partial charge in [0.2, 0.25) is 11.8 Å². The van der Waals surface area contributed by atoms with Crippen LogP contribution in [0.3, 0.4) is 0 Å². The summed E-state index contributed by atoms with van der Waals surface area (Å²) in [7, 11) is 0. The summed E-state index contributed by atoms with van der Waals surface area (Å²) in [6, 6.07) is -0.808. The molecule has 1 heterocycles. The summed E-state index contributed by atoms with van der Waals surface area (Å²) in [5, 5.41) is 2.86. The van der Waals surface area contributed by atoms with E-state index in [1.165, 1.54) is 0 Å². The van der Waals surface area contributed by atoms with Gasteiger partial charge in [-0.25, -0.2) is 0 Å². The molecule has 1 aliphatic rings. The number of carbonyl (C=O) groups is 2. The summed E-state index contributed by atoms with van der Waals surface area (Å²) in [5.41, 5.74) is -0.282. The molecule has 2 unspecified atom stereocenters. The third-order valence-electron chi connectivity index (χ3n) is 3.47. The molecule has 106 valence electrons. The fourth-order valence-electron chi connectivity index (χ4n) is 2.37. The summed E-state index contributed by atoms with van der Waals surface area (Å²) >= 11 is 0. The third kappa shape index (κ3) is 3.50. The number of nitrogens with one attached hydrogen (secondary N) is 1. The molecule has 0 aliphatic carbocycles. The summed E-state index contributed by atoms with van der Waals surface area (Å²) < 4.78 is 0. The van der Waals surface area contributed by atoms with Gasteiger partial charge in [-0.15, -0.1) is 12.3 Å². The molecule has 1 saturated heterocycles. The number of unbranched alkanes of at least 4 members (excludes halogenated alkanes) is 1. The van der Waals surface area contributed by atoms with Gasteiger partial charge in [-0.1, -0.05) is 27.7 Å². The minimum Gasteiger partial charge on any atom is -0.342 e. The monoisotopic (exact) mass is 264 g/mol. The van der Waals surface area contributed by atoms with Crippen molar-refractivity contribution in [3.8, 4) is 12.3 Å². The maximum absolute atomic E-state index is 12.5. The van der Waals surface area contributed by atoms with Crippen LogP contribution in [0, 0.1) is 17.8 Å². The molecule has 0 bridgehead atoms. The van der Waals surface area contributed by atoms with Gasteiger partial charge in [0, 0.05) is 13.0 Å². The van der Waals surface area contributed by atoms with E-state index < -0.39 is 6.04 Å². The molecule has 1 rings (SSSR count). The van der Waals surface area contributed by atoms with E-state index in [1.54, 1.807) is 4.90 Å². The van der Waals surface area contributed by atoms with E-state index in [2.05, 4.69) is 11.2 Å². The van der Waals surface area contributed by atoms with Crippen molar-refractivity contribution in [2.24, 2.45) is 5.41 Å². The topological polar surface area (TPSA) is 49.4 Å². The van der Waals surface area contributed by atoms with E-state index in [-0.39, 0.29) is 23.3 Å². The van der Waals surface area contributed by atoms with E-state index >= 15 is 0 Å². The molecule has 2 amide bonds. The first-order valence-electron chi connectivity index (χ1n) is 6.87. The lowest BCUT2D eigenvalue weighted by atomic mass is 9.83. The molecule has 1 fully saturated rings. The largest absolute Gasteiger partial charge is 0.342 e. The fourth-order valence-corrected chi connectivity index (χ4v) is 2.37. The van der Waals surface area contributed by atoms with E-state index in [0.29, 0.717) is 19.4 Å². The van der Waals surface area contributed by atoms with Crippen molar-refractivity contribution < 1.29 is 9.59 Å². The quantitative estimate of drug-likeness (QED) is 0.618. The van der Waals surface area contributed by atoms with Crippen molar-refractivity contribution in [3.63, 3.8) is 0 Å². The number of hydrogen-bond donors (Lipinski definition) is 1. The Morgan fingerprint density at radius 2 is 2.00 bits per heavy atom. The van der Waals surface area contributed by atoms with E-state index in [0.717, 1.165) is 6.42 Å². The average molecular weight is 264 g/mol. The molecule has 1 aliphatic heterocycles. The lowest BCUT2D eigenvalue weighted by Crippen LogP contribution is -2.66. The van der Waals surface area contributed by atoms with Crippen LogP contribution < -0.4 is 5.32 Å². The molecule has 0 aromatic carbocycles. The Labute approximate surface area is 115 Å². The lowest BCUT2D eigenvalue weighted by molar-refractivity contribution is -0.152. The highest BCUT2D eigenvalue weighted by Crippen LogP contribution is 2.26. The Hall–Kier alpha value is -1.50. The van der Waals surface area contributed by atoms with Crippen LogP contribution in [0.15, 0.2) is 0 Å². The zero-order valence-electron chi connectivity index (χ0n) is 12.3. The third-order valence-corrected chi connectivity index (χ3v) is 3.47. The lowest BCUT2D eigenvalue weighted by Gasteiger charge is -2.43. The van der Waals surface area contributed by atoms with Gasteiger partial charge in [-0.2, -0.15) is 0 Å². The van der Waals surface area contributed by atoms with Crippen LogP contribution in [-0.2, 0) is 9.59 Å². The molecule has 0 spiro atoms. The minimum absolute atomic E-state index is 0.0102. The number of nitrogens with zero attached hydrogens (tertiary/aromatic N) is 1. The minimum atomic E-state index is -0.450. The first kappa shape index (κ1) is 15.6. The smallest absolute Gasteiger partial charge is 0.246 e. The number of rotatable bonds is 4. The molecule has 1 N–H and O–H groups in total. The molecule has 0 aromatic heterocycles. The predicted octanol–water partition coefficient (Wildman–Crippen LogP) is 1.55. The van der Waals surface area contributed by atoms with E-state index in [9.17, 15) is 9.59 Å². The van der Waals surface area contributed by atoms with Crippen molar-refractivity contribution in [3.05, 3.63) is 0 Å². The molecular formula is C15H24N2O2. The van der Waals surface area contributed by atoms with Crippen molar-refractivity contribution >= 4 is 11.8 Å². The Morgan fingerprint density at radius 3 is 2.47 bits per heavy atom. The zero-order chi connectivity index (χ0) is 14.6. The van der Waals surface area contributed by atoms with Gasteiger partial charge >= 0.3 is 0 Å². The molecule has 19 heavy (non-hydrogen) atoms. The number of terminal acetylenes is 1. The van der Waals surface area contributed by atoms with Crippen LogP contribution in [0.4, 0.5) is 0 Å². The number of piperazine rings is 1. The predicted molar refractivity (Wildman–Crippen MR) is 75.2 cm³/mol. The first-order valence-corrected chi connectivity index (χ1v) is 6.87. The average Bonchev–Trinajstić information content (AvgIpc) is 2.32. The van der Waals surface area contributed by atoms with Gasteiger partial charge in [0.1, 0.15) is 12.1 Å². The Kier molecular flexibility index (Phi) is 4.99. The highest BCUT2D eigenvalue weighted by atomic mass is 16.2. The van der Waals surface area contributed by atoms with Gasteiger partial charge in [0.05, 0.1) is 0 Å². The number of hydrogen-bond acceptors (Lipinski definition) is 2. The second-order valence-electron chi connectivity index (χ2n) is 6.07. The molecule has 4 nitrogen and oxygen atoms in total. The molecule has 4 heteroatoms. The van der Waals surface area contributed by atoms with Crippen LogP contribution in [0.25, 0.3) is 0 Å². The second kappa shape index (κ2) is 6.10. The summed E-state index contributed by atoms with van der Waals surface area (Å²) in [6.45, 7) is 8.36. The van der Waals surface area contributed by atoms with Gasteiger partial charge in [-0.3, -0.25) is 9.59 Å². The van der Waals surface area contributed by atoms with Crippen LogP contribution >= 0.6 is 0 Å². The molecular weight excluding hydrogens is 240 g/mol. The maximum atomic E-state index is 12.5. The summed E-state index contributed by atoms with van der Waals surface area (Å²) in [4.78, 5) is 26.4. The van der Waals surface area contributed by atoms with Gasteiger partial charge < -0.3 is 10.2 Å². The highest BCUT2D eigenvalue weighted by Gasteiger charge is 2.44. The molecule has 2 atom stereocenters. The normalized spacial score (nSPS) is 24.1. The Bertz CT molecular complexity index is 390. The number of carbonyl (C=O) groups excluding carboxylic acids is 2. The Morgan fingerprint density at radius 1 is 1.37 bits per heavy atom. The molecule has 0 radical (unpaired) electrons. The first-order chi connectivity index (χ1) is 8.82. The van der Waals surface area contributed by atoms with Crippen molar-refractivity contribution in [1.82, 2.24) is 10.2 Å². The van der Waals surface area contributed by atoms with E-state index in [4.69, 9.17) is 6.42 Å².